The van der Waals surface area contributed by atoms with Crippen LogP contribution in [-0.4, -0.2) is 16.1 Å². The van der Waals surface area contributed by atoms with Crippen molar-refractivity contribution < 1.29 is 27.8 Å². The Morgan fingerprint density at radius 1 is 1.00 bits per heavy atom. The van der Waals surface area contributed by atoms with Crippen molar-refractivity contribution in [2.75, 3.05) is 0 Å². The van der Waals surface area contributed by atoms with Crippen LogP contribution in [0.3, 0.4) is 0 Å². The second-order valence-corrected chi connectivity index (χ2v) is 8.56. The summed E-state index contributed by atoms with van der Waals surface area (Å²) < 4.78 is 47.6. The van der Waals surface area contributed by atoms with Crippen LogP contribution >= 0.6 is 15.9 Å². The summed E-state index contributed by atoms with van der Waals surface area (Å²) in [5, 5.41) is 9.32. The number of halogens is 4. The van der Waals surface area contributed by atoms with Gasteiger partial charge in [-0.05, 0) is 79.3 Å². The molecule has 1 aromatic heterocycles. The Morgan fingerprint density at radius 3 is 2.52 bits per heavy atom. The number of hydrogen-bond acceptors (Lipinski definition) is 3. The molecule has 0 fully saturated rings. The van der Waals surface area contributed by atoms with Crippen molar-refractivity contribution in [3.63, 3.8) is 0 Å². The molecule has 4 rings (SSSR count). The zero-order chi connectivity index (χ0) is 23.5. The highest BCUT2D eigenvalue weighted by molar-refractivity contribution is 9.10. The fourth-order valence-electron chi connectivity index (χ4n) is 3.90. The lowest BCUT2D eigenvalue weighted by atomic mass is 9.85. The highest BCUT2D eigenvalue weighted by Gasteiger charge is 2.22. The molecule has 4 nitrogen and oxygen atoms in total. The molecule has 33 heavy (non-hydrogen) atoms. The first kappa shape index (κ1) is 23.0. The number of aromatic carboxylic acids is 1. The molecule has 1 heterocycles. The number of hydrogen-bond donors (Lipinski definition) is 1. The Labute approximate surface area is 196 Å². The van der Waals surface area contributed by atoms with Crippen molar-refractivity contribution in [1.29, 1.82) is 0 Å². The summed E-state index contributed by atoms with van der Waals surface area (Å²) in [5.74, 6) is -4.72. The molecule has 1 aliphatic rings. The summed E-state index contributed by atoms with van der Waals surface area (Å²) in [7, 11) is 0. The number of pyridine rings is 1. The van der Waals surface area contributed by atoms with Crippen LogP contribution in [0.1, 0.15) is 53.0 Å². The fraction of sp³-hybridized carbons (Fsp3) is 0.200. The molecule has 8 heteroatoms. The van der Waals surface area contributed by atoms with Gasteiger partial charge in [0.25, 0.3) is 0 Å². The van der Waals surface area contributed by atoms with Crippen LogP contribution in [-0.2, 0) is 6.61 Å². The molecule has 0 unspecified atom stereocenters. The Bertz CT molecular complexity index is 1260. The average Bonchev–Trinajstić information content (AvgIpc) is 2.83. The first-order chi connectivity index (χ1) is 15.8. The minimum absolute atomic E-state index is 0.0375. The minimum atomic E-state index is -1.53. The maximum absolute atomic E-state index is 14.1. The summed E-state index contributed by atoms with van der Waals surface area (Å²) in [6.45, 7) is -0.285. The van der Waals surface area contributed by atoms with E-state index in [2.05, 4.69) is 20.9 Å². The molecule has 0 saturated heterocycles. The number of aromatic nitrogens is 1. The molecule has 1 aliphatic carbocycles. The summed E-state index contributed by atoms with van der Waals surface area (Å²) in [4.78, 5) is 15.7. The van der Waals surface area contributed by atoms with Crippen LogP contribution in [0.4, 0.5) is 13.2 Å². The highest BCUT2D eigenvalue weighted by atomic mass is 79.9. The topological polar surface area (TPSA) is 59.4 Å². The molecule has 0 atom stereocenters. The number of carbonyl (C=O) groups is 1. The Hall–Kier alpha value is -3.13. The van der Waals surface area contributed by atoms with Crippen LogP contribution in [0.5, 0.6) is 5.75 Å². The van der Waals surface area contributed by atoms with Crippen molar-refractivity contribution in [1.82, 2.24) is 4.98 Å². The zero-order valence-corrected chi connectivity index (χ0v) is 19.0. The molecule has 0 radical (unpaired) electrons. The fourth-order valence-corrected chi connectivity index (χ4v) is 4.26. The lowest BCUT2D eigenvalue weighted by Crippen LogP contribution is -2.07. The first-order valence-electron chi connectivity index (χ1n) is 10.3. The van der Waals surface area contributed by atoms with Gasteiger partial charge in [-0.25, -0.2) is 22.9 Å². The van der Waals surface area contributed by atoms with Crippen LogP contribution in [0.25, 0.3) is 11.1 Å². The van der Waals surface area contributed by atoms with Gasteiger partial charge in [-0.2, -0.15) is 0 Å². The van der Waals surface area contributed by atoms with Crippen molar-refractivity contribution in [3.8, 4) is 5.75 Å². The standard InChI is InChI=1S/C25H19BrF3NO3/c26-15-9-11-22(33-13-14-8-10-19(27)24(29)23(14)28)18(12-15)16-4-1-2-5-17(16)20-6-3-7-21(30-20)25(31)32/h3,6-12H,1-2,4-5,13H2,(H,31,32). The van der Waals surface area contributed by atoms with E-state index in [4.69, 9.17) is 4.74 Å². The predicted octanol–water partition coefficient (Wildman–Crippen LogP) is 7.02. The second kappa shape index (κ2) is 9.79. The number of rotatable bonds is 6. The second-order valence-electron chi connectivity index (χ2n) is 7.64. The number of ether oxygens (including phenoxy) is 1. The molecule has 3 aromatic rings. The van der Waals surface area contributed by atoms with E-state index in [-0.39, 0.29) is 17.9 Å². The third-order valence-electron chi connectivity index (χ3n) is 5.51. The molecule has 0 bridgehead atoms. The van der Waals surface area contributed by atoms with E-state index in [1.165, 1.54) is 6.07 Å². The molecule has 0 spiro atoms. The van der Waals surface area contributed by atoms with E-state index in [0.717, 1.165) is 59.0 Å². The SMILES string of the molecule is O=C(O)c1cccc(C2=C(c3cc(Br)ccc3OCc3ccc(F)c(F)c3F)CCCC2)n1. The van der Waals surface area contributed by atoms with Gasteiger partial charge in [0, 0.05) is 15.6 Å². The number of nitrogens with zero attached hydrogens (tertiary/aromatic N) is 1. The monoisotopic (exact) mass is 517 g/mol. The van der Waals surface area contributed by atoms with E-state index >= 15 is 0 Å². The Kier molecular flexibility index (Phi) is 6.83. The molecule has 170 valence electrons. The lowest BCUT2D eigenvalue weighted by Gasteiger charge is -2.23. The molecule has 0 aliphatic heterocycles. The Balaban J connectivity index is 1.74. The highest BCUT2D eigenvalue weighted by Crippen LogP contribution is 2.42. The zero-order valence-electron chi connectivity index (χ0n) is 17.4. The Morgan fingerprint density at radius 2 is 1.76 bits per heavy atom. The predicted molar refractivity (Wildman–Crippen MR) is 121 cm³/mol. The van der Waals surface area contributed by atoms with Gasteiger partial charge >= 0.3 is 5.97 Å². The van der Waals surface area contributed by atoms with Crippen LogP contribution in [0.2, 0.25) is 0 Å². The van der Waals surface area contributed by atoms with Crippen molar-refractivity contribution in [2.24, 2.45) is 0 Å². The molecular weight excluding hydrogens is 499 g/mol. The van der Waals surface area contributed by atoms with Gasteiger partial charge in [-0.3, -0.25) is 0 Å². The number of carboxylic acid groups (broad SMARTS) is 1. The van der Waals surface area contributed by atoms with E-state index < -0.39 is 23.4 Å². The van der Waals surface area contributed by atoms with E-state index in [9.17, 15) is 23.1 Å². The lowest BCUT2D eigenvalue weighted by molar-refractivity contribution is 0.0690. The van der Waals surface area contributed by atoms with Crippen LogP contribution < -0.4 is 4.74 Å². The van der Waals surface area contributed by atoms with Crippen molar-refractivity contribution in [3.05, 3.63) is 93.0 Å². The smallest absolute Gasteiger partial charge is 0.354 e. The van der Waals surface area contributed by atoms with Gasteiger partial charge in [0.05, 0.1) is 5.69 Å². The largest absolute Gasteiger partial charge is 0.488 e. The molecular formula is C25H19BrF3NO3. The third-order valence-corrected chi connectivity index (χ3v) is 6.00. The number of allylic oxidation sites excluding steroid dienone is 2. The molecule has 0 saturated carbocycles. The third kappa shape index (κ3) is 4.95. The minimum Gasteiger partial charge on any atom is -0.488 e. The van der Waals surface area contributed by atoms with Gasteiger partial charge in [-0.1, -0.05) is 22.0 Å². The number of carboxylic acids is 1. The quantitative estimate of drug-likeness (QED) is 0.356. The number of benzene rings is 2. The molecule has 2 aromatic carbocycles. The van der Waals surface area contributed by atoms with Gasteiger partial charge in [0.2, 0.25) is 0 Å². The van der Waals surface area contributed by atoms with Gasteiger partial charge in [0.15, 0.2) is 17.5 Å². The maximum Gasteiger partial charge on any atom is 0.354 e. The normalized spacial score (nSPS) is 13.8. The molecule has 1 N–H and O–H groups in total. The summed E-state index contributed by atoms with van der Waals surface area (Å²) in [6, 6.07) is 12.3. The van der Waals surface area contributed by atoms with Crippen LogP contribution in [0, 0.1) is 17.5 Å². The first-order valence-corrected chi connectivity index (χ1v) is 11.1. The van der Waals surface area contributed by atoms with E-state index in [1.807, 2.05) is 6.07 Å². The van der Waals surface area contributed by atoms with Gasteiger partial charge < -0.3 is 9.84 Å². The van der Waals surface area contributed by atoms with E-state index in [1.54, 1.807) is 24.3 Å². The summed E-state index contributed by atoms with van der Waals surface area (Å²) >= 11 is 3.47. The molecule has 0 amide bonds. The summed E-state index contributed by atoms with van der Waals surface area (Å²) in [6.07, 6.45) is 3.30. The van der Waals surface area contributed by atoms with Crippen LogP contribution in [0.15, 0.2) is 53.0 Å². The van der Waals surface area contributed by atoms with Crippen molar-refractivity contribution >= 4 is 33.0 Å². The van der Waals surface area contributed by atoms with Crippen molar-refractivity contribution in [2.45, 2.75) is 32.3 Å². The van der Waals surface area contributed by atoms with Gasteiger partial charge in [-0.15, -0.1) is 0 Å². The van der Waals surface area contributed by atoms with Gasteiger partial charge in [0.1, 0.15) is 18.1 Å². The average molecular weight is 518 g/mol. The summed E-state index contributed by atoms with van der Waals surface area (Å²) in [5.41, 5.74) is 3.08. The van der Waals surface area contributed by atoms with E-state index in [0.29, 0.717) is 11.4 Å². The maximum atomic E-state index is 14.1.